The van der Waals surface area contributed by atoms with Crippen molar-refractivity contribution in [2.45, 2.75) is 0 Å². The standard InChI is InChI=1S/C28H19ClFN3O/c29-22-14-12-21(13-15-22)26-18-28(33(32-26)23-7-3-1-4-8-23)31-19-20-11-16-25(30)27(17-20)34-24-9-5-2-6-10-24/h1-19H/b31-19+. The molecule has 0 aliphatic carbocycles. The number of para-hydroxylation sites is 2. The predicted octanol–water partition coefficient (Wildman–Crippen LogP) is 7.87. The first kappa shape index (κ1) is 21.6. The molecular formula is C28H19ClFN3O. The molecule has 0 amide bonds. The minimum absolute atomic E-state index is 0.133. The summed E-state index contributed by atoms with van der Waals surface area (Å²) in [6, 6.07) is 32.9. The number of halogens is 2. The van der Waals surface area contributed by atoms with Gasteiger partial charge in [-0.25, -0.2) is 14.1 Å². The van der Waals surface area contributed by atoms with Crippen LogP contribution in [-0.2, 0) is 0 Å². The molecule has 0 atom stereocenters. The number of aromatic nitrogens is 2. The Bertz CT molecular complexity index is 1430. The lowest BCUT2D eigenvalue weighted by Gasteiger charge is -2.07. The summed E-state index contributed by atoms with van der Waals surface area (Å²) in [6.07, 6.45) is 1.67. The van der Waals surface area contributed by atoms with Gasteiger partial charge in [-0.05, 0) is 54.1 Å². The van der Waals surface area contributed by atoms with E-state index in [1.807, 2.05) is 78.9 Å². The van der Waals surface area contributed by atoms with E-state index in [0.717, 1.165) is 16.9 Å². The second-order valence-corrected chi connectivity index (χ2v) is 7.94. The highest BCUT2D eigenvalue weighted by atomic mass is 35.5. The van der Waals surface area contributed by atoms with E-state index >= 15 is 0 Å². The van der Waals surface area contributed by atoms with Crippen LogP contribution in [0.5, 0.6) is 11.5 Å². The Morgan fingerprint density at radius 2 is 1.53 bits per heavy atom. The smallest absolute Gasteiger partial charge is 0.165 e. The molecule has 5 aromatic rings. The second-order valence-electron chi connectivity index (χ2n) is 7.51. The summed E-state index contributed by atoms with van der Waals surface area (Å²) in [6.45, 7) is 0. The van der Waals surface area contributed by atoms with E-state index in [1.54, 1.807) is 35.2 Å². The van der Waals surface area contributed by atoms with Crippen LogP contribution < -0.4 is 4.74 Å². The zero-order valence-electron chi connectivity index (χ0n) is 18.0. The van der Waals surface area contributed by atoms with Gasteiger partial charge in [-0.3, -0.25) is 0 Å². The first-order valence-corrected chi connectivity index (χ1v) is 11.0. The zero-order chi connectivity index (χ0) is 23.3. The van der Waals surface area contributed by atoms with Crippen LogP contribution in [0.4, 0.5) is 10.2 Å². The van der Waals surface area contributed by atoms with Crippen LogP contribution in [0.25, 0.3) is 16.9 Å². The predicted molar refractivity (Wildman–Crippen MR) is 134 cm³/mol. The molecule has 1 aromatic heterocycles. The van der Waals surface area contributed by atoms with Crippen LogP contribution in [0.3, 0.4) is 0 Å². The summed E-state index contributed by atoms with van der Waals surface area (Å²) in [7, 11) is 0. The van der Waals surface area contributed by atoms with Crippen molar-refractivity contribution in [3.05, 3.63) is 126 Å². The van der Waals surface area contributed by atoms with E-state index in [1.165, 1.54) is 6.07 Å². The molecule has 5 rings (SSSR count). The van der Waals surface area contributed by atoms with Crippen molar-refractivity contribution in [3.63, 3.8) is 0 Å². The summed E-state index contributed by atoms with van der Waals surface area (Å²) in [4.78, 5) is 4.67. The number of hydrogen-bond acceptors (Lipinski definition) is 3. The van der Waals surface area contributed by atoms with E-state index in [9.17, 15) is 4.39 Å². The molecule has 0 aliphatic rings. The molecule has 0 radical (unpaired) electrons. The van der Waals surface area contributed by atoms with Crippen LogP contribution in [-0.4, -0.2) is 16.0 Å². The highest BCUT2D eigenvalue weighted by Gasteiger charge is 2.11. The largest absolute Gasteiger partial charge is 0.454 e. The SMILES string of the molecule is Fc1ccc(/C=N/c2cc(-c3ccc(Cl)cc3)nn2-c2ccccc2)cc1Oc1ccccc1. The van der Waals surface area contributed by atoms with Crippen molar-refractivity contribution in [1.82, 2.24) is 9.78 Å². The van der Waals surface area contributed by atoms with Gasteiger partial charge in [-0.1, -0.05) is 66.2 Å². The van der Waals surface area contributed by atoms with E-state index in [-0.39, 0.29) is 5.75 Å². The van der Waals surface area contributed by atoms with E-state index in [4.69, 9.17) is 21.4 Å². The third-order valence-corrected chi connectivity index (χ3v) is 5.36. The Kier molecular flexibility index (Phi) is 6.19. The third-order valence-electron chi connectivity index (χ3n) is 5.10. The van der Waals surface area contributed by atoms with E-state index in [2.05, 4.69) is 4.99 Å². The third kappa shape index (κ3) is 4.90. The molecule has 4 aromatic carbocycles. The Labute approximate surface area is 201 Å². The first-order chi connectivity index (χ1) is 16.7. The summed E-state index contributed by atoms with van der Waals surface area (Å²) < 4.78 is 21.8. The summed E-state index contributed by atoms with van der Waals surface area (Å²) >= 11 is 6.04. The quantitative estimate of drug-likeness (QED) is 0.238. The normalized spacial score (nSPS) is 11.1. The van der Waals surface area contributed by atoms with Gasteiger partial charge in [0.15, 0.2) is 17.4 Å². The Morgan fingerprint density at radius 3 is 2.26 bits per heavy atom. The van der Waals surface area contributed by atoms with Gasteiger partial charge < -0.3 is 4.74 Å². The van der Waals surface area contributed by atoms with Gasteiger partial charge in [0.2, 0.25) is 0 Å². The van der Waals surface area contributed by atoms with Gasteiger partial charge in [0.05, 0.1) is 11.4 Å². The van der Waals surface area contributed by atoms with Gasteiger partial charge in [0.25, 0.3) is 0 Å². The number of hydrogen-bond donors (Lipinski definition) is 0. The molecular weight excluding hydrogens is 449 g/mol. The van der Waals surface area contributed by atoms with Gasteiger partial charge >= 0.3 is 0 Å². The molecule has 1 heterocycles. The van der Waals surface area contributed by atoms with Crippen molar-refractivity contribution < 1.29 is 9.13 Å². The van der Waals surface area contributed by atoms with Crippen molar-refractivity contribution >= 4 is 23.6 Å². The molecule has 0 fully saturated rings. The first-order valence-electron chi connectivity index (χ1n) is 10.6. The maximum Gasteiger partial charge on any atom is 0.165 e. The number of nitrogens with zero attached hydrogens (tertiary/aromatic N) is 3. The summed E-state index contributed by atoms with van der Waals surface area (Å²) in [5.74, 6) is 0.880. The van der Waals surface area contributed by atoms with E-state index in [0.29, 0.717) is 22.2 Å². The Morgan fingerprint density at radius 1 is 0.824 bits per heavy atom. The number of rotatable bonds is 6. The maximum absolute atomic E-state index is 14.3. The summed E-state index contributed by atoms with van der Waals surface area (Å²) in [5, 5.41) is 5.42. The average Bonchev–Trinajstić information content (AvgIpc) is 3.30. The molecule has 6 heteroatoms. The molecule has 0 bridgehead atoms. The lowest BCUT2D eigenvalue weighted by molar-refractivity contribution is 0.442. The molecule has 0 saturated heterocycles. The molecule has 0 saturated carbocycles. The van der Waals surface area contributed by atoms with Gasteiger partial charge in [0, 0.05) is 22.9 Å². The van der Waals surface area contributed by atoms with Crippen LogP contribution in [0.15, 0.2) is 114 Å². The molecule has 0 N–H and O–H groups in total. The number of ether oxygens (including phenoxy) is 1. The van der Waals surface area contributed by atoms with Crippen LogP contribution in [0.2, 0.25) is 5.02 Å². The highest BCUT2D eigenvalue weighted by Crippen LogP contribution is 2.28. The lowest BCUT2D eigenvalue weighted by atomic mass is 10.1. The van der Waals surface area contributed by atoms with Crippen molar-refractivity contribution in [2.24, 2.45) is 4.99 Å². The van der Waals surface area contributed by atoms with Crippen LogP contribution in [0, 0.1) is 5.82 Å². The van der Waals surface area contributed by atoms with Crippen molar-refractivity contribution in [3.8, 4) is 28.4 Å². The number of aliphatic imine (C=N–C) groups is 1. The molecule has 0 unspecified atom stereocenters. The zero-order valence-corrected chi connectivity index (χ0v) is 18.7. The van der Waals surface area contributed by atoms with Gasteiger partial charge in [0.1, 0.15) is 5.75 Å². The Balaban J connectivity index is 1.49. The minimum Gasteiger partial charge on any atom is -0.454 e. The summed E-state index contributed by atoms with van der Waals surface area (Å²) in [5.41, 5.74) is 3.26. The van der Waals surface area contributed by atoms with Crippen LogP contribution in [0.1, 0.15) is 5.56 Å². The average molecular weight is 468 g/mol. The fraction of sp³-hybridized carbons (Fsp3) is 0. The van der Waals surface area contributed by atoms with Crippen molar-refractivity contribution in [2.75, 3.05) is 0 Å². The van der Waals surface area contributed by atoms with Gasteiger partial charge in [-0.2, -0.15) is 5.10 Å². The second kappa shape index (κ2) is 9.73. The minimum atomic E-state index is -0.444. The topological polar surface area (TPSA) is 39.4 Å². The van der Waals surface area contributed by atoms with Crippen molar-refractivity contribution in [1.29, 1.82) is 0 Å². The monoisotopic (exact) mass is 467 g/mol. The molecule has 4 nitrogen and oxygen atoms in total. The van der Waals surface area contributed by atoms with Crippen LogP contribution >= 0.6 is 11.6 Å². The van der Waals surface area contributed by atoms with Gasteiger partial charge in [-0.15, -0.1) is 0 Å². The fourth-order valence-electron chi connectivity index (χ4n) is 3.42. The molecule has 0 aliphatic heterocycles. The molecule has 166 valence electrons. The molecule has 0 spiro atoms. The fourth-order valence-corrected chi connectivity index (χ4v) is 3.54. The maximum atomic E-state index is 14.3. The molecule has 34 heavy (non-hydrogen) atoms. The Hall–Kier alpha value is -4.22. The lowest BCUT2D eigenvalue weighted by Crippen LogP contribution is -1.96. The van der Waals surface area contributed by atoms with E-state index < -0.39 is 5.82 Å². The number of benzene rings is 4. The highest BCUT2D eigenvalue weighted by molar-refractivity contribution is 6.30.